The summed E-state index contributed by atoms with van der Waals surface area (Å²) in [5.41, 5.74) is 1.06. The Balaban J connectivity index is 2.03. The molecular formula is C15H16Cl3NO2. The standard InChI is InChI=1S/C15H16Cl3NO2/c1-9(2)19-7-10-3-4-20-15(10)8-21-14-6-12(17)11(16)5-13(14)18/h3-6,9,19H,7-8H2,1-2H3. The summed E-state index contributed by atoms with van der Waals surface area (Å²) < 4.78 is 11.1. The molecule has 0 atom stereocenters. The third kappa shape index (κ3) is 4.55. The van der Waals surface area contributed by atoms with E-state index in [1.54, 1.807) is 18.4 Å². The molecule has 6 heteroatoms. The molecule has 0 amide bonds. The van der Waals surface area contributed by atoms with Gasteiger partial charge in [0.1, 0.15) is 18.1 Å². The molecule has 0 aliphatic carbocycles. The highest BCUT2D eigenvalue weighted by Crippen LogP contribution is 2.34. The summed E-state index contributed by atoms with van der Waals surface area (Å²) in [4.78, 5) is 0. The van der Waals surface area contributed by atoms with Crippen LogP contribution < -0.4 is 10.1 Å². The van der Waals surface area contributed by atoms with Crippen molar-refractivity contribution in [3.63, 3.8) is 0 Å². The van der Waals surface area contributed by atoms with Gasteiger partial charge in [-0.05, 0) is 12.1 Å². The molecule has 2 rings (SSSR count). The Morgan fingerprint density at radius 1 is 1.14 bits per heavy atom. The molecule has 2 aromatic rings. The number of halogens is 3. The molecule has 0 spiro atoms. The van der Waals surface area contributed by atoms with E-state index in [0.29, 0.717) is 26.9 Å². The van der Waals surface area contributed by atoms with Crippen molar-refractivity contribution in [3.8, 4) is 5.75 Å². The predicted molar refractivity (Wildman–Crippen MR) is 86.5 cm³/mol. The minimum Gasteiger partial charge on any atom is -0.484 e. The number of ether oxygens (including phenoxy) is 1. The second-order valence-corrected chi connectivity index (χ2v) is 6.11. The second kappa shape index (κ2) is 7.41. The number of rotatable bonds is 6. The molecule has 1 aromatic carbocycles. The topological polar surface area (TPSA) is 34.4 Å². The molecule has 1 N–H and O–H groups in total. The zero-order chi connectivity index (χ0) is 15.4. The Bertz CT molecular complexity index is 611. The summed E-state index contributed by atoms with van der Waals surface area (Å²) in [5, 5.41) is 4.55. The Morgan fingerprint density at radius 3 is 2.57 bits per heavy atom. The quantitative estimate of drug-likeness (QED) is 0.718. The van der Waals surface area contributed by atoms with Gasteiger partial charge in [-0.1, -0.05) is 48.7 Å². The average molecular weight is 349 g/mol. The first-order valence-electron chi connectivity index (χ1n) is 6.53. The highest BCUT2D eigenvalue weighted by molar-refractivity contribution is 6.43. The van der Waals surface area contributed by atoms with E-state index in [-0.39, 0.29) is 6.61 Å². The SMILES string of the molecule is CC(C)NCc1ccoc1COc1cc(Cl)c(Cl)cc1Cl. The fraction of sp³-hybridized carbons (Fsp3) is 0.333. The number of nitrogens with one attached hydrogen (secondary N) is 1. The maximum atomic E-state index is 6.07. The van der Waals surface area contributed by atoms with Crippen molar-refractivity contribution in [1.82, 2.24) is 5.32 Å². The van der Waals surface area contributed by atoms with Crippen LogP contribution in [0.3, 0.4) is 0 Å². The molecule has 0 fully saturated rings. The van der Waals surface area contributed by atoms with Crippen molar-refractivity contribution in [1.29, 1.82) is 0 Å². The predicted octanol–water partition coefficient (Wildman–Crippen LogP) is 5.32. The minimum absolute atomic E-state index is 0.278. The van der Waals surface area contributed by atoms with Crippen molar-refractivity contribution in [2.45, 2.75) is 33.0 Å². The van der Waals surface area contributed by atoms with Crippen LogP contribution in [0.25, 0.3) is 0 Å². The zero-order valence-electron chi connectivity index (χ0n) is 11.8. The first-order chi connectivity index (χ1) is 9.97. The van der Waals surface area contributed by atoms with E-state index >= 15 is 0 Å². The van der Waals surface area contributed by atoms with Gasteiger partial charge in [-0.15, -0.1) is 0 Å². The molecule has 0 bridgehead atoms. The van der Waals surface area contributed by atoms with Crippen molar-refractivity contribution in [2.75, 3.05) is 0 Å². The Kier molecular flexibility index (Phi) is 5.82. The van der Waals surface area contributed by atoms with E-state index in [4.69, 9.17) is 44.0 Å². The molecule has 0 radical (unpaired) electrons. The molecular weight excluding hydrogens is 333 g/mol. The summed E-state index contributed by atoms with van der Waals surface area (Å²) >= 11 is 17.9. The van der Waals surface area contributed by atoms with Gasteiger partial charge in [-0.25, -0.2) is 0 Å². The van der Waals surface area contributed by atoms with Crippen LogP contribution in [0, 0.1) is 0 Å². The first-order valence-corrected chi connectivity index (χ1v) is 7.66. The van der Waals surface area contributed by atoms with Gasteiger partial charge in [-0.2, -0.15) is 0 Å². The highest BCUT2D eigenvalue weighted by atomic mass is 35.5. The Hall–Kier alpha value is -0.870. The third-order valence-electron chi connectivity index (χ3n) is 2.87. The fourth-order valence-corrected chi connectivity index (χ4v) is 2.31. The van der Waals surface area contributed by atoms with E-state index in [1.807, 2.05) is 6.07 Å². The summed E-state index contributed by atoms with van der Waals surface area (Å²) in [5.74, 6) is 1.23. The lowest BCUT2D eigenvalue weighted by Crippen LogP contribution is -2.22. The van der Waals surface area contributed by atoms with Gasteiger partial charge < -0.3 is 14.5 Å². The third-order valence-corrected chi connectivity index (χ3v) is 3.89. The van der Waals surface area contributed by atoms with Crippen LogP contribution in [0.4, 0.5) is 0 Å². The monoisotopic (exact) mass is 347 g/mol. The van der Waals surface area contributed by atoms with E-state index in [0.717, 1.165) is 17.9 Å². The number of hydrogen-bond acceptors (Lipinski definition) is 3. The van der Waals surface area contributed by atoms with E-state index in [1.165, 1.54) is 0 Å². The summed E-state index contributed by atoms with van der Waals surface area (Å²) in [6, 6.07) is 5.48. The van der Waals surface area contributed by atoms with Gasteiger partial charge in [0.05, 0.1) is 21.3 Å². The van der Waals surface area contributed by atoms with Gasteiger partial charge in [0.15, 0.2) is 0 Å². The molecule has 0 saturated heterocycles. The lowest BCUT2D eigenvalue weighted by molar-refractivity contribution is 0.268. The Labute approximate surface area is 139 Å². The number of furan rings is 1. The molecule has 114 valence electrons. The van der Waals surface area contributed by atoms with Gasteiger partial charge in [0, 0.05) is 24.2 Å². The maximum absolute atomic E-state index is 6.07. The van der Waals surface area contributed by atoms with E-state index in [9.17, 15) is 0 Å². The fourth-order valence-electron chi connectivity index (χ4n) is 1.72. The van der Waals surface area contributed by atoms with Gasteiger partial charge in [0.25, 0.3) is 0 Å². The van der Waals surface area contributed by atoms with Crippen LogP contribution in [0.1, 0.15) is 25.2 Å². The smallest absolute Gasteiger partial charge is 0.146 e. The molecule has 0 aliphatic heterocycles. The molecule has 3 nitrogen and oxygen atoms in total. The molecule has 21 heavy (non-hydrogen) atoms. The molecule has 0 unspecified atom stereocenters. The van der Waals surface area contributed by atoms with Gasteiger partial charge in [0.2, 0.25) is 0 Å². The summed E-state index contributed by atoms with van der Waals surface area (Å²) in [6.45, 7) is 5.18. The minimum atomic E-state index is 0.278. The lowest BCUT2D eigenvalue weighted by atomic mass is 10.2. The number of hydrogen-bond donors (Lipinski definition) is 1. The van der Waals surface area contributed by atoms with Crippen molar-refractivity contribution in [2.24, 2.45) is 0 Å². The van der Waals surface area contributed by atoms with Crippen molar-refractivity contribution < 1.29 is 9.15 Å². The molecule has 0 aliphatic rings. The largest absolute Gasteiger partial charge is 0.484 e. The van der Waals surface area contributed by atoms with E-state index in [2.05, 4.69) is 19.2 Å². The summed E-state index contributed by atoms with van der Waals surface area (Å²) in [7, 11) is 0. The maximum Gasteiger partial charge on any atom is 0.146 e. The van der Waals surface area contributed by atoms with Crippen LogP contribution in [-0.4, -0.2) is 6.04 Å². The Morgan fingerprint density at radius 2 is 1.86 bits per heavy atom. The highest BCUT2D eigenvalue weighted by Gasteiger charge is 2.11. The lowest BCUT2D eigenvalue weighted by Gasteiger charge is -2.10. The zero-order valence-corrected chi connectivity index (χ0v) is 14.0. The van der Waals surface area contributed by atoms with Gasteiger partial charge >= 0.3 is 0 Å². The van der Waals surface area contributed by atoms with Crippen LogP contribution in [0.2, 0.25) is 15.1 Å². The van der Waals surface area contributed by atoms with Gasteiger partial charge in [-0.3, -0.25) is 0 Å². The van der Waals surface area contributed by atoms with Crippen molar-refractivity contribution >= 4 is 34.8 Å². The van der Waals surface area contributed by atoms with Crippen LogP contribution >= 0.6 is 34.8 Å². The molecule has 0 saturated carbocycles. The first kappa shape index (κ1) is 16.5. The normalized spacial score (nSPS) is 11.1. The van der Waals surface area contributed by atoms with Crippen LogP contribution in [-0.2, 0) is 13.2 Å². The average Bonchev–Trinajstić information content (AvgIpc) is 2.86. The molecule has 1 heterocycles. The molecule has 1 aromatic heterocycles. The number of benzene rings is 1. The summed E-state index contributed by atoms with van der Waals surface area (Å²) in [6.07, 6.45) is 1.65. The second-order valence-electron chi connectivity index (χ2n) is 4.89. The van der Waals surface area contributed by atoms with Crippen molar-refractivity contribution in [3.05, 3.63) is 50.9 Å². The van der Waals surface area contributed by atoms with E-state index < -0.39 is 0 Å². The van der Waals surface area contributed by atoms with Crippen LogP contribution in [0.15, 0.2) is 28.9 Å². The van der Waals surface area contributed by atoms with Crippen LogP contribution in [0.5, 0.6) is 5.75 Å².